The molecule has 0 aromatic carbocycles. The Labute approximate surface area is 77.1 Å². The topological polar surface area (TPSA) is 35.2 Å². The first-order valence-electron chi connectivity index (χ1n) is 3.40. The van der Waals surface area contributed by atoms with E-state index in [2.05, 4.69) is 0 Å². The number of methoxy groups -OCH3 is 1. The van der Waals surface area contributed by atoms with Crippen LogP contribution >= 0.6 is 11.3 Å². The van der Waals surface area contributed by atoms with Crippen molar-refractivity contribution in [3.8, 4) is 5.75 Å². The molecule has 1 rings (SSSR count). The van der Waals surface area contributed by atoms with Gasteiger partial charge in [0, 0.05) is 10.3 Å². The zero-order valence-corrected chi connectivity index (χ0v) is 7.58. The van der Waals surface area contributed by atoms with Crippen molar-refractivity contribution >= 4 is 11.3 Å². The third kappa shape index (κ3) is 2.35. The molecule has 13 heavy (non-hydrogen) atoms. The van der Waals surface area contributed by atoms with Crippen molar-refractivity contribution in [3.05, 3.63) is 16.3 Å². The van der Waals surface area contributed by atoms with Gasteiger partial charge in [-0.2, -0.15) is 13.2 Å². The fourth-order valence-corrected chi connectivity index (χ4v) is 1.65. The molecule has 0 aliphatic carbocycles. The number of nitrogens with two attached hydrogens (primary N) is 1. The van der Waals surface area contributed by atoms with E-state index in [1.165, 1.54) is 18.6 Å². The predicted molar refractivity (Wildman–Crippen MR) is 43.9 cm³/mol. The lowest BCUT2D eigenvalue weighted by Gasteiger charge is -2.12. The monoisotopic (exact) mass is 211 g/mol. The van der Waals surface area contributed by atoms with Gasteiger partial charge >= 0.3 is 6.18 Å². The molecule has 0 saturated heterocycles. The Hall–Kier alpha value is -0.750. The lowest BCUT2D eigenvalue weighted by atomic mass is 10.2. The van der Waals surface area contributed by atoms with Crippen molar-refractivity contribution < 1.29 is 17.9 Å². The third-order valence-corrected chi connectivity index (χ3v) is 2.48. The summed E-state index contributed by atoms with van der Waals surface area (Å²) in [6.07, 6.45) is -4.39. The maximum Gasteiger partial charge on any atom is 0.408 e. The molecular weight excluding hydrogens is 203 g/mol. The Bertz CT molecular complexity index is 284. The summed E-state index contributed by atoms with van der Waals surface area (Å²) < 4.78 is 41.0. The number of hydrogen-bond donors (Lipinski definition) is 1. The SMILES string of the molecule is COc1csc([C@@H](N)C(F)(F)F)c1. The molecule has 0 aliphatic rings. The summed E-state index contributed by atoms with van der Waals surface area (Å²) in [4.78, 5) is 0.0596. The molecule has 0 amide bonds. The van der Waals surface area contributed by atoms with E-state index in [1.807, 2.05) is 0 Å². The molecule has 6 heteroatoms. The Morgan fingerprint density at radius 3 is 2.54 bits per heavy atom. The highest BCUT2D eigenvalue weighted by Crippen LogP contribution is 2.35. The first-order chi connectivity index (χ1) is 5.95. The number of rotatable bonds is 2. The van der Waals surface area contributed by atoms with Gasteiger partial charge in [0.25, 0.3) is 0 Å². The number of hydrogen-bond acceptors (Lipinski definition) is 3. The second-order valence-electron chi connectivity index (χ2n) is 2.41. The maximum atomic E-state index is 12.1. The lowest BCUT2D eigenvalue weighted by molar-refractivity contribution is -0.148. The van der Waals surface area contributed by atoms with Crippen LogP contribution in [0.1, 0.15) is 10.9 Å². The zero-order chi connectivity index (χ0) is 10.1. The second kappa shape index (κ2) is 3.55. The van der Waals surface area contributed by atoms with Gasteiger partial charge in [0.15, 0.2) is 0 Å². The van der Waals surface area contributed by atoms with Crippen molar-refractivity contribution in [2.45, 2.75) is 12.2 Å². The summed E-state index contributed by atoms with van der Waals surface area (Å²) in [5.41, 5.74) is 4.97. The van der Waals surface area contributed by atoms with E-state index in [0.29, 0.717) is 5.75 Å². The van der Waals surface area contributed by atoms with Crippen molar-refractivity contribution in [3.63, 3.8) is 0 Å². The Balaban J connectivity index is 2.83. The molecule has 0 aliphatic heterocycles. The second-order valence-corrected chi connectivity index (χ2v) is 3.35. The third-order valence-electron chi connectivity index (χ3n) is 1.49. The molecule has 0 spiro atoms. The molecule has 2 nitrogen and oxygen atoms in total. The van der Waals surface area contributed by atoms with E-state index >= 15 is 0 Å². The van der Waals surface area contributed by atoms with Crippen LogP contribution < -0.4 is 10.5 Å². The zero-order valence-electron chi connectivity index (χ0n) is 6.76. The van der Waals surface area contributed by atoms with E-state index in [1.54, 1.807) is 0 Å². The van der Waals surface area contributed by atoms with Gasteiger partial charge in [-0.15, -0.1) is 11.3 Å². The number of alkyl halides is 3. The van der Waals surface area contributed by atoms with Crippen molar-refractivity contribution in [1.29, 1.82) is 0 Å². The van der Waals surface area contributed by atoms with Crippen LogP contribution in [0.3, 0.4) is 0 Å². The minimum Gasteiger partial charge on any atom is -0.496 e. The highest BCUT2D eigenvalue weighted by atomic mass is 32.1. The van der Waals surface area contributed by atoms with Gasteiger partial charge < -0.3 is 10.5 Å². The smallest absolute Gasteiger partial charge is 0.408 e. The summed E-state index contributed by atoms with van der Waals surface area (Å²) >= 11 is 0.939. The quantitative estimate of drug-likeness (QED) is 0.814. The maximum absolute atomic E-state index is 12.1. The van der Waals surface area contributed by atoms with Gasteiger partial charge in [-0.1, -0.05) is 0 Å². The average Bonchev–Trinajstić information content (AvgIpc) is 2.48. The first-order valence-corrected chi connectivity index (χ1v) is 4.28. The minimum absolute atomic E-state index is 0.0596. The van der Waals surface area contributed by atoms with Gasteiger partial charge in [-0.05, 0) is 6.07 Å². The predicted octanol–water partition coefficient (Wildman–Crippen LogP) is 2.32. The summed E-state index contributed by atoms with van der Waals surface area (Å²) in [7, 11) is 1.39. The van der Waals surface area contributed by atoms with Crippen LogP contribution in [0, 0.1) is 0 Å². The van der Waals surface area contributed by atoms with E-state index in [4.69, 9.17) is 10.5 Å². The van der Waals surface area contributed by atoms with E-state index in [0.717, 1.165) is 11.3 Å². The number of thiophene rings is 1. The molecule has 74 valence electrons. The molecule has 0 unspecified atom stereocenters. The van der Waals surface area contributed by atoms with Crippen LogP contribution in [0.2, 0.25) is 0 Å². The standard InChI is InChI=1S/C7H8F3NOS/c1-12-4-2-5(13-3-4)6(11)7(8,9)10/h2-3,6H,11H2,1H3/t6-/m1/s1. The molecule has 1 atom stereocenters. The molecule has 0 bridgehead atoms. The van der Waals surface area contributed by atoms with Crippen LogP contribution in [0.25, 0.3) is 0 Å². The van der Waals surface area contributed by atoms with Crippen molar-refractivity contribution in [1.82, 2.24) is 0 Å². The minimum atomic E-state index is -4.39. The Morgan fingerprint density at radius 1 is 1.54 bits per heavy atom. The highest BCUT2D eigenvalue weighted by molar-refractivity contribution is 7.10. The van der Waals surface area contributed by atoms with Crippen LogP contribution in [-0.4, -0.2) is 13.3 Å². The Morgan fingerprint density at radius 2 is 2.15 bits per heavy atom. The molecule has 0 fully saturated rings. The summed E-state index contributed by atoms with van der Waals surface area (Å²) in [5, 5.41) is 1.49. The van der Waals surface area contributed by atoms with Crippen LogP contribution in [0.5, 0.6) is 5.75 Å². The fourth-order valence-electron chi connectivity index (χ4n) is 0.766. The van der Waals surface area contributed by atoms with Gasteiger partial charge in [-0.3, -0.25) is 0 Å². The molecule has 1 aromatic rings. The molecule has 1 aromatic heterocycles. The van der Waals surface area contributed by atoms with E-state index < -0.39 is 12.2 Å². The van der Waals surface area contributed by atoms with Gasteiger partial charge in [-0.25, -0.2) is 0 Å². The van der Waals surface area contributed by atoms with Crippen molar-refractivity contribution in [2.75, 3.05) is 7.11 Å². The largest absolute Gasteiger partial charge is 0.496 e. The van der Waals surface area contributed by atoms with Crippen LogP contribution in [0.15, 0.2) is 11.4 Å². The normalized spacial score (nSPS) is 14.2. The van der Waals surface area contributed by atoms with Crippen molar-refractivity contribution in [2.24, 2.45) is 5.73 Å². The first kappa shape index (κ1) is 10.3. The highest BCUT2D eigenvalue weighted by Gasteiger charge is 2.38. The van der Waals surface area contributed by atoms with Gasteiger partial charge in [0.05, 0.1) is 7.11 Å². The molecular formula is C7H8F3NOS. The van der Waals surface area contributed by atoms with E-state index in [9.17, 15) is 13.2 Å². The molecule has 2 N–H and O–H groups in total. The molecule has 1 heterocycles. The van der Waals surface area contributed by atoms with Crippen LogP contribution in [0.4, 0.5) is 13.2 Å². The fraction of sp³-hybridized carbons (Fsp3) is 0.429. The van der Waals surface area contributed by atoms with Gasteiger partial charge in [0.2, 0.25) is 0 Å². The summed E-state index contributed by atoms with van der Waals surface area (Å²) in [5.74, 6) is 0.403. The summed E-state index contributed by atoms with van der Waals surface area (Å²) in [6.45, 7) is 0. The molecule has 0 saturated carbocycles. The van der Waals surface area contributed by atoms with Gasteiger partial charge in [0.1, 0.15) is 11.8 Å². The lowest BCUT2D eigenvalue weighted by Crippen LogP contribution is -2.27. The number of ether oxygens (including phenoxy) is 1. The van der Waals surface area contributed by atoms with E-state index in [-0.39, 0.29) is 4.88 Å². The average molecular weight is 211 g/mol. The summed E-state index contributed by atoms with van der Waals surface area (Å²) in [6, 6.07) is -0.621. The van der Waals surface area contributed by atoms with Crippen LogP contribution in [-0.2, 0) is 0 Å². The molecule has 0 radical (unpaired) electrons. The Kier molecular flexibility index (Phi) is 2.82. The number of halogens is 3.